The monoisotopic (exact) mass is 242 g/mol. The second-order valence-corrected chi connectivity index (χ2v) is 3.67. The number of nitrogen functional groups attached to an aromatic ring is 1. The van der Waals surface area contributed by atoms with Crippen LogP contribution in [-0.2, 0) is 16.1 Å². The van der Waals surface area contributed by atoms with E-state index in [4.69, 9.17) is 15.6 Å². The zero-order chi connectivity index (χ0) is 12.7. The highest BCUT2D eigenvalue weighted by Gasteiger charge is 2.12. The van der Waals surface area contributed by atoms with Crippen molar-refractivity contribution in [1.29, 1.82) is 0 Å². The lowest BCUT2D eigenvalue weighted by Gasteiger charge is -2.16. The summed E-state index contributed by atoms with van der Waals surface area (Å²) in [6, 6.07) is 1.43. The highest BCUT2D eigenvalue weighted by atomic mass is 16.5. The minimum atomic E-state index is -0.191. The summed E-state index contributed by atoms with van der Waals surface area (Å²) in [7, 11) is 1.55. The van der Waals surface area contributed by atoms with Gasteiger partial charge in [-0.3, -0.25) is 9.48 Å². The van der Waals surface area contributed by atoms with Gasteiger partial charge in [0.05, 0.1) is 12.6 Å². The van der Waals surface area contributed by atoms with Crippen LogP contribution >= 0.6 is 0 Å². The molecule has 1 amide bonds. The lowest BCUT2D eigenvalue weighted by molar-refractivity contribution is -0.123. The third-order valence-corrected chi connectivity index (χ3v) is 2.18. The molecule has 17 heavy (non-hydrogen) atoms. The van der Waals surface area contributed by atoms with Crippen molar-refractivity contribution in [2.75, 3.05) is 26.1 Å². The lowest BCUT2D eigenvalue weighted by Crippen LogP contribution is -2.40. The Hall–Kier alpha value is -1.60. The lowest BCUT2D eigenvalue weighted by atomic mass is 10.2. The van der Waals surface area contributed by atoms with Crippen LogP contribution in [0.2, 0.25) is 0 Å². The van der Waals surface area contributed by atoms with Gasteiger partial charge in [-0.25, -0.2) is 0 Å². The molecular weight excluding hydrogens is 224 g/mol. The minimum absolute atomic E-state index is 0.00300. The quantitative estimate of drug-likeness (QED) is 0.568. The van der Waals surface area contributed by atoms with E-state index in [0.29, 0.717) is 18.8 Å². The van der Waals surface area contributed by atoms with E-state index in [0.717, 1.165) is 0 Å². The first kappa shape index (κ1) is 13.5. The number of rotatable bonds is 7. The van der Waals surface area contributed by atoms with Gasteiger partial charge in [0.15, 0.2) is 0 Å². The summed E-state index contributed by atoms with van der Waals surface area (Å²) in [6.07, 6.45) is 2.09. The van der Waals surface area contributed by atoms with Crippen molar-refractivity contribution in [3.05, 3.63) is 12.3 Å². The first-order valence-corrected chi connectivity index (χ1v) is 5.33. The summed E-state index contributed by atoms with van der Waals surface area (Å²) in [5.41, 5.74) is 5.43. The second kappa shape index (κ2) is 6.87. The average Bonchev–Trinajstić information content (AvgIpc) is 2.64. The van der Waals surface area contributed by atoms with Gasteiger partial charge < -0.3 is 20.9 Å². The van der Waals surface area contributed by atoms with Gasteiger partial charge in [-0.2, -0.15) is 5.10 Å². The van der Waals surface area contributed by atoms with Crippen LogP contribution in [0.3, 0.4) is 0 Å². The molecule has 0 spiro atoms. The van der Waals surface area contributed by atoms with E-state index in [-0.39, 0.29) is 25.1 Å². The molecule has 1 rings (SSSR count). The fourth-order valence-electron chi connectivity index (χ4n) is 1.44. The summed E-state index contributed by atoms with van der Waals surface area (Å²) in [5.74, 6) is 0.185. The Balaban J connectivity index is 2.41. The fraction of sp³-hybridized carbons (Fsp3) is 0.600. The number of ether oxygens (including phenoxy) is 1. The smallest absolute Gasteiger partial charge is 0.242 e. The van der Waals surface area contributed by atoms with Gasteiger partial charge in [0.1, 0.15) is 12.4 Å². The maximum Gasteiger partial charge on any atom is 0.242 e. The highest BCUT2D eigenvalue weighted by Crippen LogP contribution is 1.97. The Morgan fingerprint density at radius 2 is 2.53 bits per heavy atom. The number of aliphatic hydroxyl groups is 1. The van der Waals surface area contributed by atoms with Crippen LogP contribution in [0.1, 0.15) is 6.42 Å². The second-order valence-electron chi connectivity index (χ2n) is 3.67. The van der Waals surface area contributed by atoms with E-state index < -0.39 is 0 Å². The van der Waals surface area contributed by atoms with Crippen molar-refractivity contribution in [1.82, 2.24) is 15.1 Å². The molecule has 0 bridgehead atoms. The van der Waals surface area contributed by atoms with Crippen LogP contribution in [-0.4, -0.2) is 47.2 Å². The number of anilines is 1. The van der Waals surface area contributed by atoms with Crippen molar-refractivity contribution >= 4 is 11.7 Å². The molecule has 4 N–H and O–H groups in total. The molecule has 0 saturated heterocycles. The third-order valence-electron chi connectivity index (χ3n) is 2.18. The van der Waals surface area contributed by atoms with Crippen LogP contribution in [0.25, 0.3) is 0 Å². The SMILES string of the molecule is COCC(CCO)NC(=O)Cn1ccc(N)n1. The van der Waals surface area contributed by atoms with Crippen LogP contribution in [0.15, 0.2) is 12.3 Å². The van der Waals surface area contributed by atoms with Gasteiger partial charge in [-0.15, -0.1) is 0 Å². The van der Waals surface area contributed by atoms with Gasteiger partial charge in [-0.05, 0) is 12.5 Å². The number of methoxy groups -OCH3 is 1. The van der Waals surface area contributed by atoms with E-state index in [1.807, 2.05) is 0 Å². The molecule has 1 heterocycles. The zero-order valence-electron chi connectivity index (χ0n) is 9.80. The third kappa shape index (κ3) is 4.83. The molecule has 1 unspecified atom stereocenters. The van der Waals surface area contributed by atoms with Gasteiger partial charge in [0, 0.05) is 19.9 Å². The van der Waals surface area contributed by atoms with Gasteiger partial charge in [0.2, 0.25) is 5.91 Å². The van der Waals surface area contributed by atoms with Crippen LogP contribution in [0, 0.1) is 0 Å². The number of amides is 1. The first-order valence-electron chi connectivity index (χ1n) is 5.33. The Morgan fingerprint density at radius 3 is 3.06 bits per heavy atom. The highest BCUT2D eigenvalue weighted by molar-refractivity contribution is 5.76. The minimum Gasteiger partial charge on any atom is -0.396 e. The summed E-state index contributed by atoms with van der Waals surface area (Å²) < 4.78 is 6.40. The predicted molar refractivity (Wildman–Crippen MR) is 62.1 cm³/mol. The molecule has 0 radical (unpaired) electrons. The Kier molecular flexibility index (Phi) is 5.44. The first-order chi connectivity index (χ1) is 8.15. The molecule has 0 aromatic carbocycles. The van der Waals surface area contributed by atoms with Crippen LogP contribution in [0.4, 0.5) is 5.82 Å². The maximum absolute atomic E-state index is 11.6. The summed E-state index contributed by atoms with van der Waals surface area (Å²) in [4.78, 5) is 11.6. The van der Waals surface area contributed by atoms with Gasteiger partial charge in [-0.1, -0.05) is 0 Å². The fourth-order valence-corrected chi connectivity index (χ4v) is 1.44. The number of hydrogen-bond acceptors (Lipinski definition) is 5. The predicted octanol–water partition coefficient (Wildman–Crippen LogP) is -1.02. The average molecular weight is 242 g/mol. The van der Waals surface area contributed by atoms with E-state index in [1.165, 1.54) is 4.68 Å². The number of carbonyl (C=O) groups excluding carboxylic acids is 1. The number of carbonyl (C=O) groups is 1. The van der Waals surface area contributed by atoms with Crippen molar-refractivity contribution in [2.45, 2.75) is 19.0 Å². The van der Waals surface area contributed by atoms with Crippen LogP contribution < -0.4 is 11.1 Å². The van der Waals surface area contributed by atoms with Crippen molar-refractivity contribution < 1.29 is 14.6 Å². The largest absolute Gasteiger partial charge is 0.396 e. The van der Waals surface area contributed by atoms with Crippen molar-refractivity contribution in [3.63, 3.8) is 0 Å². The number of aliphatic hydroxyl groups excluding tert-OH is 1. The molecule has 96 valence electrons. The van der Waals surface area contributed by atoms with E-state index in [9.17, 15) is 4.79 Å². The van der Waals surface area contributed by atoms with E-state index in [1.54, 1.807) is 19.4 Å². The van der Waals surface area contributed by atoms with Crippen molar-refractivity contribution in [2.24, 2.45) is 0 Å². The van der Waals surface area contributed by atoms with Crippen molar-refractivity contribution in [3.8, 4) is 0 Å². The molecule has 7 nitrogen and oxygen atoms in total. The van der Waals surface area contributed by atoms with E-state index in [2.05, 4.69) is 10.4 Å². The zero-order valence-corrected chi connectivity index (χ0v) is 9.80. The molecule has 7 heteroatoms. The molecule has 1 aromatic heterocycles. The molecule has 0 aliphatic carbocycles. The molecule has 0 aliphatic heterocycles. The summed E-state index contributed by atoms with van der Waals surface area (Å²) in [6.45, 7) is 0.472. The summed E-state index contributed by atoms with van der Waals surface area (Å²) in [5, 5.41) is 15.5. The molecular formula is C10H18N4O3. The number of nitrogens with zero attached hydrogens (tertiary/aromatic N) is 2. The number of nitrogens with one attached hydrogen (secondary N) is 1. The Morgan fingerprint density at radius 1 is 1.76 bits per heavy atom. The topological polar surface area (TPSA) is 102 Å². The number of aromatic nitrogens is 2. The molecule has 0 fully saturated rings. The van der Waals surface area contributed by atoms with Crippen LogP contribution in [0.5, 0.6) is 0 Å². The van der Waals surface area contributed by atoms with E-state index >= 15 is 0 Å². The number of hydrogen-bond donors (Lipinski definition) is 3. The number of nitrogens with two attached hydrogens (primary N) is 1. The molecule has 1 aromatic rings. The molecule has 0 saturated carbocycles. The Labute approximate surface area is 99.6 Å². The van der Waals surface area contributed by atoms with Gasteiger partial charge >= 0.3 is 0 Å². The van der Waals surface area contributed by atoms with Gasteiger partial charge in [0.25, 0.3) is 0 Å². The molecule has 0 aliphatic rings. The Bertz CT molecular complexity index is 347. The standard InChI is InChI=1S/C10H18N4O3/c1-17-7-8(3-5-15)12-10(16)6-14-4-2-9(11)13-14/h2,4,8,15H,3,5-7H2,1H3,(H2,11,13)(H,12,16). The molecule has 1 atom stereocenters. The summed E-state index contributed by atoms with van der Waals surface area (Å²) >= 11 is 0. The normalized spacial score (nSPS) is 12.4. The maximum atomic E-state index is 11.6.